The second kappa shape index (κ2) is 3.29. The summed E-state index contributed by atoms with van der Waals surface area (Å²) in [5.74, 6) is 0.974. The fourth-order valence-electron chi connectivity index (χ4n) is 1.40. The molecule has 0 saturated carbocycles. The highest BCUT2D eigenvalue weighted by Gasteiger charge is 2.21. The molecule has 0 spiro atoms. The molecule has 2 heterocycles. The van der Waals surface area contributed by atoms with Crippen LogP contribution >= 0.6 is 0 Å². The van der Waals surface area contributed by atoms with E-state index < -0.39 is 0 Å². The first-order chi connectivity index (χ1) is 5.84. The number of ether oxygens (including phenoxy) is 1. The predicted octanol–water partition coefficient (Wildman–Crippen LogP) is 1.16. The lowest BCUT2D eigenvalue weighted by Gasteiger charge is -2.07. The van der Waals surface area contributed by atoms with Gasteiger partial charge in [0.1, 0.15) is 12.0 Å². The summed E-state index contributed by atoms with van der Waals surface area (Å²) in [6.45, 7) is 2.91. The summed E-state index contributed by atoms with van der Waals surface area (Å²) < 4.78 is 10.7. The molecule has 2 rings (SSSR count). The third-order valence-electron chi connectivity index (χ3n) is 1.98. The zero-order chi connectivity index (χ0) is 8.39. The van der Waals surface area contributed by atoms with Gasteiger partial charge in [0.2, 0.25) is 0 Å². The lowest BCUT2D eigenvalue weighted by Crippen LogP contribution is -2.29. The van der Waals surface area contributed by atoms with E-state index in [4.69, 9.17) is 9.15 Å². The van der Waals surface area contributed by atoms with Crippen LogP contribution in [0.5, 0.6) is 0 Å². The van der Waals surface area contributed by atoms with Gasteiger partial charge in [-0.05, 0) is 19.1 Å². The molecular formula is C9H13NO2. The first kappa shape index (κ1) is 7.83. The van der Waals surface area contributed by atoms with Crippen LogP contribution in [0.15, 0.2) is 22.8 Å². The first-order valence-electron chi connectivity index (χ1n) is 4.24. The van der Waals surface area contributed by atoms with E-state index in [1.165, 1.54) is 0 Å². The molecule has 0 bridgehead atoms. The number of nitrogens with one attached hydrogen (secondary N) is 1. The molecule has 3 heteroatoms. The van der Waals surface area contributed by atoms with Crippen LogP contribution in [0.2, 0.25) is 0 Å². The van der Waals surface area contributed by atoms with Gasteiger partial charge in [-0.25, -0.2) is 0 Å². The van der Waals surface area contributed by atoms with Crippen molar-refractivity contribution in [3.63, 3.8) is 0 Å². The number of hydrogen-bond donors (Lipinski definition) is 1. The van der Waals surface area contributed by atoms with Gasteiger partial charge >= 0.3 is 0 Å². The predicted molar refractivity (Wildman–Crippen MR) is 44.7 cm³/mol. The molecule has 1 saturated heterocycles. The van der Waals surface area contributed by atoms with Crippen LogP contribution in [0.1, 0.15) is 12.7 Å². The molecule has 1 aromatic rings. The quantitative estimate of drug-likeness (QED) is 0.717. The van der Waals surface area contributed by atoms with Gasteiger partial charge in [-0.3, -0.25) is 5.32 Å². The Labute approximate surface area is 71.7 Å². The third-order valence-corrected chi connectivity index (χ3v) is 1.98. The minimum absolute atomic E-state index is 0.131. The molecule has 0 radical (unpaired) electrons. The average molecular weight is 167 g/mol. The highest BCUT2D eigenvalue weighted by molar-refractivity contribution is 5.00. The van der Waals surface area contributed by atoms with Crippen molar-refractivity contribution < 1.29 is 9.15 Å². The normalized spacial score (nSPS) is 29.4. The van der Waals surface area contributed by atoms with Crippen molar-refractivity contribution in [1.82, 2.24) is 5.32 Å². The fraction of sp³-hybridized carbons (Fsp3) is 0.556. The monoisotopic (exact) mass is 167 g/mol. The zero-order valence-electron chi connectivity index (χ0n) is 7.12. The molecule has 0 aromatic carbocycles. The van der Waals surface area contributed by atoms with Crippen molar-refractivity contribution in [1.29, 1.82) is 0 Å². The molecule has 2 unspecified atom stereocenters. The number of furan rings is 1. The van der Waals surface area contributed by atoms with Crippen LogP contribution in [-0.4, -0.2) is 18.9 Å². The average Bonchev–Trinajstić information content (AvgIpc) is 2.63. The Balaban J connectivity index is 1.88. The maximum absolute atomic E-state index is 5.47. The molecule has 66 valence electrons. The molecule has 1 fully saturated rings. The SMILES string of the molecule is CC1COC(Cc2ccco2)N1. The van der Waals surface area contributed by atoms with Gasteiger partial charge in [-0.15, -0.1) is 0 Å². The lowest BCUT2D eigenvalue weighted by atomic mass is 10.3. The molecule has 0 aliphatic carbocycles. The van der Waals surface area contributed by atoms with Gasteiger partial charge in [0.15, 0.2) is 0 Å². The Hall–Kier alpha value is -0.800. The van der Waals surface area contributed by atoms with Crippen LogP contribution in [0.4, 0.5) is 0 Å². The topological polar surface area (TPSA) is 34.4 Å². The number of rotatable bonds is 2. The van der Waals surface area contributed by atoms with Crippen molar-refractivity contribution in [2.45, 2.75) is 25.6 Å². The smallest absolute Gasteiger partial charge is 0.115 e. The van der Waals surface area contributed by atoms with Crippen LogP contribution in [-0.2, 0) is 11.2 Å². The van der Waals surface area contributed by atoms with Gasteiger partial charge in [0, 0.05) is 12.5 Å². The highest BCUT2D eigenvalue weighted by Crippen LogP contribution is 2.09. The van der Waals surface area contributed by atoms with Crippen molar-refractivity contribution in [2.75, 3.05) is 6.61 Å². The van der Waals surface area contributed by atoms with E-state index in [0.717, 1.165) is 18.8 Å². The van der Waals surface area contributed by atoms with Gasteiger partial charge in [0.25, 0.3) is 0 Å². The molecule has 0 amide bonds. The van der Waals surface area contributed by atoms with Gasteiger partial charge in [-0.1, -0.05) is 0 Å². The zero-order valence-corrected chi connectivity index (χ0v) is 7.12. The summed E-state index contributed by atoms with van der Waals surface area (Å²) >= 11 is 0. The summed E-state index contributed by atoms with van der Waals surface area (Å²) in [5.41, 5.74) is 0. The van der Waals surface area contributed by atoms with Gasteiger partial charge < -0.3 is 9.15 Å². The summed E-state index contributed by atoms with van der Waals surface area (Å²) in [6, 6.07) is 4.33. The molecule has 1 aliphatic rings. The molecule has 12 heavy (non-hydrogen) atoms. The summed E-state index contributed by atoms with van der Waals surface area (Å²) in [7, 11) is 0. The van der Waals surface area contributed by atoms with Crippen molar-refractivity contribution in [3.8, 4) is 0 Å². The van der Waals surface area contributed by atoms with E-state index in [1.807, 2.05) is 12.1 Å². The molecule has 1 N–H and O–H groups in total. The molecular weight excluding hydrogens is 154 g/mol. The highest BCUT2D eigenvalue weighted by atomic mass is 16.5. The van der Waals surface area contributed by atoms with E-state index >= 15 is 0 Å². The Morgan fingerprint density at radius 3 is 3.17 bits per heavy atom. The molecule has 1 aromatic heterocycles. The van der Waals surface area contributed by atoms with Gasteiger partial charge in [0.05, 0.1) is 12.9 Å². The standard InChI is InChI=1S/C9H13NO2/c1-7-6-12-9(10-7)5-8-3-2-4-11-8/h2-4,7,9-10H,5-6H2,1H3. The van der Waals surface area contributed by atoms with Crippen LogP contribution in [0, 0.1) is 0 Å². The number of hydrogen-bond acceptors (Lipinski definition) is 3. The summed E-state index contributed by atoms with van der Waals surface area (Å²) in [6.07, 6.45) is 2.64. The Morgan fingerprint density at radius 2 is 2.58 bits per heavy atom. The fourth-order valence-corrected chi connectivity index (χ4v) is 1.40. The summed E-state index contributed by atoms with van der Waals surface area (Å²) in [5, 5.41) is 3.31. The third kappa shape index (κ3) is 1.68. The van der Waals surface area contributed by atoms with Crippen molar-refractivity contribution in [3.05, 3.63) is 24.2 Å². The lowest BCUT2D eigenvalue weighted by molar-refractivity contribution is 0.0963. The molecule has 3 nitrogen and oxygen atoms in total. The first-order valence-corrected chi connectivity index (χ1v) is 4.24. The largest absolute Gasteiger partial charge is 0.469 e. The van der Waals surface area contributed by atoms with E-state index in [1.54, 1.807) is 6.26 Å². The van der Waals surface area contributed by atoms with Crippen LogP contribution < -0.4 is 5.32 Å². The Kier molecular flexibility index (Phi) is 2.15. The summed E-state index contributed by atoms with van der Waals surface area (Å²) in [4.78, 5) is 0. The molecule has 2 atom stereocenters. The second-order valence-electron chi connectivity index (χ2n) is 3.17. The minimum Gasteiger partial charge on any atom is -0.469 e. The van der Waals surface area contributed by atoms with E-state index in [0.29, 0.717) is 6.04 Å². The maximum Gasteiger partial charge on any atom is 0.115 e. The van der Waals surface area contributed by atoms with Crippen LogP contribution in [0.3, 0.4) is 0 Å². The minimum atomic E-state index is 0.131. The van der Waals surface area contributed by atoms with E-state index in [-0.39, 0.29) is 6.23 Å². The molecule has 1 aliphatic heterocycles. The Bertz CT molecular complexity index is 233. The van der Waals surface area contributed by atoms with Gasteiger partial charge in [-0.2, -0.15) is 0 Å². The van der Waals surface area contributed by atoms with Crippen molar-refractivity contribution in [2.24, 2.45) is 0 Å². The van der Waals surface area contributed by atoms with E-state index in [2.05, 4.69) is 12.2 Å². The second-order valence-corrected chi connectivity index (χ2v) is 3.17. The maximum atomic E-state index is 5.47. The van der Waals surface area contributed by atoms with E-state index in [9.17, 15) is 0 Å². The Morgan fingerprint density at radius 1 is 1.67 bits per heavy atom. The van der Waals surface area contributed by atoms with Crippen molar-refractivity contribution >= 4 is 0 Å². The van der Waals surface area contributed by atoms with Crippen LogP contribution in [0.25, 0.3) is 0 Å².